The molecule has 2 aromatic rings. The van der Waals surface area contributed by atoms with Crippen molar-refractivity contribution in [2.24, 2.45) is 5.41 Å². The van der Waals surface area contributed by atoms with Gasteiger partial charge in [0, 0.05) is 62.9 Å². The zero-order chi connectivity index (χ0) is 19.6. The number of hydrogen-bond donors (Lipinski definition) is 0. The summed E-state index contributed by atoms with van der Waals surface area (Å²) >= 11 is 0. The number of aromatic nitrogens is 4. The van der Waals surface area contributed by atoms with Gasteiger partial charge in [0.05, 0.1) is 6.33 Å². The third-order valence-corrected chi connectivity index (χ3v) is 6.23. The molecule has 0 atom stereocenters. The van der Waals surface area contributed by atoms with Crippen LogP contribution in [0.5, 0.6) is 0 Å². The quantitative estimate of drug-likeness (QED) is 0.795. The van der Waals surface area contributed by atoms with Crippen molar-refractivity contribution < 1.29 is 4.79 Å². The third-order valence-electron chi connectivity index (χ3n) is 6.23. The molecule has 2 aliphatic rings. The minimum atomic E-state index is 0.262. The highest BCUT2D eigenvalue weighted by molar-refractivity contribution is 5.77. The van der Waals surface area contributed by atoms with E-state index in [2.05, 4.69) is 29.3 Å². The highest BCUT2D eigenvalue weighted by atomic mass is 16.2. The summed E-state index contributed by atoms with van der Waals surface area (Å²) in [6.45, 7) is 8.64. The summed E-state index contributed by atoms with van der Waals surface area (Å²) in [6, 6.07) is 2.02. The second kappa shape index (κ2) is 7.89. The van der Waals surface area contributed by atoms with Crippen molar-refractivity contribution in [3.63, 3.8) is 0 Å². The number of rotatable bonds is 5. The maximum Gasteiger partial charge on any atom is 0.225 e. The van der Waals surface area contributed by atoms with Crippen LogP contribution in [0.2, 0.25) is 0 Å². The number of amides is 1. The smallest absolute Gasteiger partial charge is 0.225 e. The van der Waals surface area contributed by atoms with Crippen LogP contribution in [0.4, 0.5) is 5.95 Å². The second-order valence-electron chi connectivity index (χ2n) is 8.41. The van der Waals surface area contributed by atoms with E-state index in [9.17, 15) is 4.79 Å². The Balaban J connectivity index is 1.34. The van der Waals surface area contributed by atoms with E-state index in [1.54, 1.807) is 6.20 Å². The molecular formula is C21H30N6O. The second-order valence-corrected chi connectivity index (χ2v) is 8.41. The summed E-state index contributed by atoms with van der Waals surface area (Å²) < 4.78 is 2.08. The van der Waals surface area contributed by atoms with Crippen LogP contribution in [0.1, 0.15) is 43.5 Å². The SMILES string of the molecule is Cc1cc(C)nc(N2CCC3(CCC(=O)N(CCCn4ccnc4)C3)CC2)n1. The highest BCUT2D eigenvalue weighted by Crippen LogP contribution is 2.40. The predicted octanol–water partition coefficient (Wildman–Crippen LogP) is 2.59. The molecule has 0 unspecified atom stereocenters. The normalized spacial score (nSPS) is 19.4. The monoisotopic (exact) mass is 382 g/mol. The van der Waals surface area contributed by atoms with Gasteiger partial charge in [0.2, 0.25) is 11.9 Å². The van der Waals surface area contributed by atoms with Gasteiger partial charge in [0.1, 0.15) is 0 Å². The van der Waals surface area contributed by atoms with Gasteiger partial charge in [-0.05, 0) is 51.0 Å². The lowest BCUT2D eigenvalue weighted by Gasteiger charge is -2.47. The van der Waals surface area contributed by atoms with Crippen molar-refractivity contribution in [3.8, 4) is 0 Å². The van der Waals surface area contributed by atoms with Gasteiger partial charge < -0.3 is 14.4 Å². The van der Waals surface area contributed by atoms with Gasteiger partial charge in [0.25, 0.3) is 0 Å². The summed E-state index contributed by atoms with van der Waals surface area (Å²) in [4.78, 5) is 30.2. The Kier molecular flexibility index (Phi) is 5.33. The lowest BCUT2D eigenvalue weighted by atomic mass is 9.72. The predicted molar refractivity (Wildman–Crippen MR) is 108 cm³/mol. The molecule has 0 radical (unpaired) electrons. The van der Waals surface area contributed by atoms with Crippen molar-refractivity contribution in [2.45, 2.75) is 52.5 Å². The number of hydrogen-bond acceptors (Lipinski definition) is 5. The maximum atomic E-state index is 12.4. The van der Waals surface area contributed by atoms with Gasteiger partial charge in [-0.2, -0.15) is 0 Å². The summed E-state index contributed by atoms with van der Waals surface area (Å²) in [6.07, 6.45) is 10.5. The van der Waals surface area contributed by atoms with Gasteiger partial charge in [-0.1, -0.05) is 0 Å². The zero-order valence-electron chi connectivity index (χ0n) is 17.0. The molecule has 2 aliphatic heterocycles. The van der Waals surface area contributed by atoms with Crippen LogP contribution >= 0.6 is 0 Å². The molecule has 0 bridgehead atoms. The van der Waals surface area contributed by atoms with Crippen LogP contribution in [0.15, 0.2) is 24.8 Å². The number of imidazole rings is 1. The van der Waals surface area contributed by atoms with Crippen LogP contribution in [-0.2, 0) is 11.3 Å². The van der Waals surface area contributed by atoms with Crippen LogP contribution in [-0.4, -0.2) is 56.5 Å². The Morgan fingerprint density at radius 2 is 1.82 bits per heavy atom. The first-order valence-electron chi connectivity index (χ1n) is 10.3. The number of likely N-dealkylation sites (tertiary alicyclic amines) is 1. The summed E-state index contributed by atoms with van der Waals surface area (Å²) in [5.41, 5.74) is 2.31. The standard InChI is InChI=1S/C21H30N6O/c1-17-14-18(2)24-20(23-17)26-11-6-21(7-12-26)5-4-19(28)27(15-21)10-3-9-25-13-8-22-16-25/h8,13-14,16H,3-7,9-12,15H2,1-2H3. The fourth-order valence-corrected chi connectivity index (χ4v) is 4.61. The molecule has 0 aromatic carbocycles. The third kappa shape index (κ3) is 4.18. The molecular weight excluding hydrogens is 352 g/mol. The molecule has 7 nitrogen and oxygen atoms in total. The average Bonchev–Trinajstić information content (AvgIpc) is 3.18. The number of piperidine rings is 2. The van der Waals surface area contributed by atoms with Gasteiger partial charge in [-0.25, -0.2) is 15.0 Å². The van der Waals surface area contributed by atoms with E-state index in [4.69, 9.17) is 0 Å². The molecule has 1 spiro atoms. The Hall–Kier alpha value is -2.44. The maximum absolute atomic E-state index is 12.4. The minimum Gasteiger partial charge on any atom is -0.342 e. The first kappa shape index (κ1) is 18.9. The zero-order valence-corrected chi connectivity index (χ0v) is 17.0. The van der Waals surface area contributed by atoms with Crippen LogP contribution in [0.25, 0.3) is 0 Å². The lowest BCUT2D eigenvalue weighted by molar-refractivity contribution is -0.138. The molecule has 4 heterocycles. The minimum absolute atomic E-state index is 0.262. The van der Waals surface area contributed by atoms with Gasteiger partial charge in [-0.15, -0.1) is 0 Å². The molecule has 0 N–H and O–H groups in total. The number of carbonyl (C=O) groups is 1. The average molecular weight is 383 g/mol. The van der Waals surface area contributed by atoms with E-state index in [1.165, 1.54) is 0 Å². The Morgan fingerprint density at radius 1 is 1.07 bits per heavy atom. The first-order chi connectivity index (χ1) is 13.5. The van der Waals surface area contributed by atoms with Gasteiger partial charge in [0.15, 0.2) is 0 Å². The highest BCUT2D eigenvalue weighted by Gasteiger charge is 2.41. The number of aryl methyl sites for hydroxylation is 3. The van der Waals surface area contributed by atoms with Crippen molar-refractivity contribution >= 4 is 11.9 Å². The molecule has 150 valence electrons. The van der Waals surface area contributed by atoms with E-state index >= 15 is 0 Å². The first-order valence-corrected chi connectivity index (χ1v) is 10.3. The number of nitrogens with zero attached hydrogens (tertiary/aromatic N) is 6. The van der Waals surface area contributed by atoms with Crippen LogP contribution in [0.3, 0.4) is 0 Å². The summed E-state index contributed by atoms with van der Waals surface area (Å²) in [5.74, 6) is 1.17. The van der Waals surface area contributed by atoms with Gasteiger partial charge in [-0.3, -0.25) is 4.79 Å². The molecule has 0 aliphatic carbocycles. The molecule has 0 saturated carbocycles. The van der Waals surface area contributed by atoms with Crippen LogP contribution < -0.4 is 4.90 Å². The van der Waals surface area contributed by atoms with Crippen molar-refractivity contribution in [1.82, 2.24) is 24.4 Å². The molecule has 7 heteroatoms. The Bertz CT molecular complexity index is 790. The molecule has 4 rings (SSSR count). The van der Waals surface area contributed by atoms with Crippen molar-refractivity contribution in [1.29, 1.82) is 0 Å². The van der Waals surface area contributed by atoms with E-state index in [0.29, 0.717) is 12.3 Å². The Morgan fingerprint density at radius 3 is 2.50 bits per heavy atom. The summed E-state index contributed by atoms with van der Waals surface area (Å²) in [5, 5.41) is 0. The van der Waals surface area contributed by atoms with Crippen molar-refractivity contribution in [2.75, 3.05) is 31.1 Å². The fourth-order valence-electron chi connectivity index (χ4n) is 4.61. The van der Waals surface area contributed by atoms with E-state index in [0.717, 1.165) is 75.7 Å². The number of anilines is 1. The molecule has 28 heavy (non-hydrogen) atoms. The molecule has 1 amide bonds. The molecule has 2 saturated heterocycles. The molecule has 2 aromatic heterocycles. The number of carbonyl (C=O) groups excluding carboxylic acids is 1. The lowest BCUT2D eigenvalue weighted by Crippen LogP contribution is -2.52. The molecule has 2 fully saturated rings. The van der Waals surface area contributed by atoms with E-state index in [-0.39, 0.29) is 5.41 Å². The van der Waals surface area contributed by atoms with E-state index in [1.807, 2.05) is 32.4 Å². The fraction of sp³-hybridized carbons (Fsp3) is 0.619. The topological polar surface area (TPSA) is 67.2 Å². The van der Waals surface area contributed by atoms with Crippen molar-refractivity contribution in [3.05, 3.63) is 36.2 Å². The van der Waals surface area contributed by atoms with E-state index < -0.39 is 0 Å². The Labute approximate surface area is 166 Å². The largest absolute Gasteiger partial charge is 0.342 e. The van der Waals surface area contributed by atoms with Crippen LogP contribution in [0, 0.1) is 19.3 Å². The van der Waals surface area contributed by atoms with Gasteiger partial charge >= 0.3 is 0 Å². The summed E-state index contributed by atoms with van der Waals surface area (Å²) in [7, 11) is 0.